The van der Waals surface area contributed by atoms with E-state index >= 15 is 0 Å². The quantitative estimate of drug-likeness (QED) is 0.912. The molecule has 7 heteroatoms. The van der Waals surface area contributed by atoms with Crippen LogP contribution in [-0.4, -0.2) is 21.5 Å². The van der Waals surface area contributed by atoms with Gasteiger partial charge in [-0.25, -0.2) is 0 Å². The van der Waals surface area contributed by atoms with Crippen LogP contribution in [0.3, 0.4) is 0 Å². The first-order valence-corrected chi connectivity index (χ1v) is 5.29. The summed E-state index contributed by atoms with van der Waals surface area (Å²) in [4.78, 5) is 0. The van der Waals surface area contributed by atoms with Crippen LogP contribution in [0.4, 0.5) is 13.2 Å². The molecule has 0 atom stereocenters. The first kappa shape index (κ1) is 12.6. The minimum absolute atomic E-state index is 0.0215. The van der Waals surface area contributed by atoms with Crippen molar-refractivity contribution < 1.29 is 13.2 Å². The standard InChI is InChI=1S/C11H11F3N4/c12-11(13,14)9-4-2-1-3-8(9)10-7-18(6-5-15)17-16-10/h1-4,7H,5-6,15H2. The number of nitrogens with zero attached hydrogens (tertiary/aromatic N) is 3. The van der Waals surface area contributed by atoms with Gasteiger partial charge in [0.15, 0.2) is 0 Å². The van der Waals surface area contributed by atoms with Crippen molar-refractivity contribution in [2.75, 3.05) is 6.54 Å². The van der Waals surface area contributed by atoms with E-state index in [0.717, 1.165) is 6.07 Å². The predicted molar refractivity (Wildman–Crippen MR) is 59.5 cm³/mol. The number of rotatable bonds is 3. The van der Waals surface area contributed by atoms with Crippen LogP contribution in [0.15, 0.2) is 30.5 Å². The monoisotopic (exact) mass is 256 g/mol. The van der Waals surface area contributed by atoms with Crippen molar-refractivity contribution >= 4 is 0 Å². The van der Waals surface area contributed by atoms with Crippen LogP contribution in [0.2, 0.25) is 0 Å². The third-order valence-corrected chi connectivity index (χ3v) is 2.41. The number of nitrogens with two attached hydrogens (primary N) is 1. The van der Waals surface area contributed by atoms with Crippen LogP contribution >= 0.6 is 0 Å². The lowest BCUT2D eigenvalue weighted by molar-refractivity contribution is -0.137. The summed E-state index contributed by atoms with van der Waals surface area (Å²) >= 11 is 0. The number of benzene rings is 1. The molecule has 0 saturated heterocycles. The highest BCUT2D eigenvalue weighted by molar-refractivity contribution is 5.63. The van der Waals surface area contributed by atoms with E-state index in [-0.39, 0.29) is 11.3 Å². The zero-order valence-corrected chi connectivity index (χ0v) is 9.35. The number of halogens is 3. The maximum absolute atomic E-state index is 12.8. The van der Waals surface area contributed by atoms with Crippen molar-refractivity contribution in [3.8, 4) is 11.3 Å². The summed E-state index contributed by atoms with van der Waals surface area (Å²) in [5.74, 6) is 0. The molecule has 4 nitrogen and oxygen atoms in total. The molecule has 0 radical (unpaired) electrons. The highest BCUT2D eigenvalue weighted by Crippen LogP contribution is 2.35. The molecule has 2 N–H and O–H groups in total. The first-order valence-electron chi connectivity index (χ1n) is 5.29. The van der Waals surface area contributed by atoms with Crippen molar-refractivity contribution in [3.05, 3.63) is 36.0 Å². The van der Waals surface area contributed by atoms with Gasteiger partial charge in [-0.2, -0.15) is 13.2 Å². The predicted octanol–water partition coefficient (Wildman–Crippen LogP) is 1.92. The van der Waals surface area contributed by atoms with Crippen molar-refractivity contribution in [2.24, 2.45) is 5.73 Å². The normalized spacial score (nSPS) is 11.8. The maximum atomic E-state index is 12.8. The van der Waals surface area contributed by atoms with Crippen molar-refractivity contribution in [1.29, 1.82) is 0 Å². The van der Waals surface area contributed by atoms with Gasteiger partial charge < -0.3 is 5.73 Å². The third kappa shape index (κ3) is 2.51. The molecule has 0 unspecified atom stereocenters. The maximum Gasteiger partial charge on any atom is 0.417 e. The van der Waals surface area contributed by atoms with Gasteiger partial charge in [-0.3, -0.25) is 4.68 Å². The molecule has 0 bridgehead atoms. The molecule has 96 valence electrons. The molecular weight excluding hydrogens is 245 g/mol. The van der Waals surface area contributed by atoms with E-state index < -0.39 is 11.7 Å². The summed E-state index contributed by atoms with van der Waals surface area (Å²) in [6.07, 6.45) is -2.95. The SMILES string of the molecule is NCCn1cc(-c2ccccc2C(F)(F)F)nn1. The highest BCUT2D eigenvalue weighted by Gasteiger charge is 2.33. The minimum atomic E-state index is -4.41. The number of hydrogen-bond donors (Lipinski definition) is 1. The van der Waals surface area contributed by atoms with Crippen molar-refractivity contribution in [3.63, 3.8) is 0 Å². The topological polar surface area (TPSA) is 56.7 Å². The Hall–Kier alpha value is -1.89. The van der Waals surface area contributed by atoms with Gasteiger partial charge in [0.25, 0.3) is 0 Å². The zero-order valence-electron chi connectivity index (χ0n) is 9.35. The molecule has 0 fully saturated rings. The molecule has 0 saturated carbocycles. The summed E-state index contributed by atoms with van der Waals surface area (Å²) in [7, 11) is 0. The average molecular weight is 256 g/mol. The van der Waals surface area contributed by atoms with Gasteiger partial charge >= 0.3 is 6.18 Å². The number of hydrogen-bond acceptors (Lipinski definition) is 3. The molecule has 0 aliphatic heterocycles. The second-order valence-electron chi connectivity index (χ2n) is 3.70. The van der Waals surface area contributed by atoms with Crippen LogP contribution in [0.1, 0.15) is 5.56 Å². The molecule has 0 spiro atoms. The summed E-state index contributed by atoms with van der Waals surface area (Å²) in [5, 5.41) is 7.46. The van der Waals surface area contributed by atoms with Gasteiger partial charge in [0.05, 0.1) is 18.3 Å². The van der Waals surface area contributed by atoms with E-state index in [0.29, 0.717) is 13.1 Å². The summed E-state index contributed by atoms with van der Waals surface area (Å²) in [5.41, 5.74) is 4.83. The Morgan fingerprint density at radius 2 is 1.94 bits per heavy atom. The fraction of sp³-hybridized carbons (Fsp3) is 0.273. The van der Waals surface area contributed by atoms with E-state index in [4.69, 9.17) is 5.73 Å². The van der Waals surface area contributed by atoms with E-state index in [1.165, 1.54) is 29.1 Å². The van der Waals surface area contributed by atoms with Gasteiger partial charge in [0, 0.05) is 12.1 Å². The Labute approximate surface area is 101 Å². The van der Waals surface area contributed by atoms with Gasteiger partial charge in [-0.05, 0) is 6.07 Å². The highest BCUT2D eigenvalue weighted by atomic mass is 19.4. The van der Waals surface area contributed by atoms with Gasteiger partial charge in [-0.1, -0.05) is 23.4 Å². The largest absolute Gasteiger partial charge is 0.417 e. The lowest BCUT2D eigenvalue weighted by Crippen LogP contribution is -2.10. The summed E-state index contributed by atoms with van der Waals surface area (Å²) < 4.78 is 39.9. The van der Waals surface area contributed by atoms with Gasteiger partial charge in [-0.15, -0.1) is 5.10 Å². The molecule has 1 aromatic heterocycles. The zero-order chi connectivity index (χ0) is 13.2. The summed E-state index contributed by atoms with van der Waals surface area (Å²) in [6, 6.07) is 5.28. The lowest BCUT2D eigenvalue weighted by atomic mass is 10.1. The number of alkyl halides is 3. The molecule has 0 amide bonds. The average Bonchev–Trinajstić information content (AvgIpc) is 2.77. The Morgan fingerprint density at radius 1 is 1.22 bits per heavy atom. The van der Waals surface area contributed by atoms with Crippen LogP contribution in [0, 0.1) is 0 Å². The van der Waals surface area contributed by atoms with E-state index in [1.807, 2.05) is 0 Å². The second kappa shape index (κ2) is 4.77. The molecule has 2 aromatic rings. The molecule has 2 rings (SSSR count). The molecule has 0 aliphatic rings. The molecule has 1 heterocycles. The minimum Gasteiger partial charge on any atom is -0.329 e. The van der Waals surface area contributed by atoms with Crippen molar-refractivity contribution in [1.82, 2.24) is 15.0 Å². The smallest absolute Gasteiger partial charge is 0.329 e. The van der Waals surface area contributed by atoms with Gasteiger partial charge in [0.2, 0.25) is 0 Å². The second-order valence-corrected chi connectivity index (χ2v) is 3.70. The molecular formula is C11H11F3N4. The van der Waals surface area contributed by atoms with E-state index in [2.05, 4.69) is 10.3 Å². The Kier molecular flexibility index (Phi) is 3.33. The molecule has 1 aromatic carbocycles. The Bertz CT molecular complexity index is 533. The third-order valence-electron chi connectivity index (χ3n) is 2.41. The van der Waals surface area contributed by atoms with Crippen LogP contribution in [0.5, 0.6) is 0 Å². The Balaban J connectivity index is 2.43. The number of aromatic nitrogens is 3. The molecule has 18 heavy (non-hydrogen) atoms. The molecule has 0 aliphatic carbocycles. The lowest BCUT2D eigenvalue weighted by Gasteiger charge is -2.10. The van der Waals surface area contributed by atoms with Crippen LogP contribution in [0.25, 0.3) is 11.3 Å². The summed E-state index contributed by atoms with van der Waals surface area (Å²) in [6.45, 7) is 0.769. The fourth-order valence-electron chi connectivity index (χ4n) is 1.62. The van der Waals surface area contributed by atoms with Crippen LogP contribution < -0.4 is 5.73 Å². The first-order chi connectivity index (χ1) is 8.52. The van der Waals surface area contributed by atoms with E-state index in [1.54, 1.807) is 0 Å². The Morgan fingerprint density at radius 3 is 2.61 bits per heavy atom. The van der Waals surface area contributed by atoms with E-state index in [9.17, 15) is 13.2 Å². The van der Waals surface area contributed by atoms with Crippen molar-refractivity contribution in [2.45, 2.75) is 12.7 Å². The van der Waals surface area contributed by atoms with Gasteiger partial charge in [0.1, 0.15) is 5.69 Å². The fourth-order valence-corrected chi connectivity index (χ4v) is 1.62. The van der Waals surface area contributed by atoms with Crippen LogP contribution in [-0.2, 0) is 12.7 Å².